The molecule has 0 radical (unpaired) electrons. The van der Waals surface area contributed by atoms with Gasteiger partial charge in [0.2, 0.25) is 5.91 Å². The van der Waals surface area contributed by atoms with Gasteiger partial charge in [-0.2, -0.15) is 0 Å². The van der Waals surface area contributed by atoms with Crippen LogP contribution in [0.15, 0.2) is 48.5 Å². The third kappa shape index (κ3) is 4.75. The first-order valence-corrected chi connectivity index (χ1v) is 8.73. The van der Waals surface area contributed by atoms with Crippen LogP contribution in [0.25, 0.3) is 0 Å². The van der Waals surface area contributed by atoms with Crippen molar-refractivity contribution >= 4 is 17.7 Å². The molecular weight excluding hydrogens is 351 g/mol. The summed E-state index contributed by atoms with van der Waals surface area (Å²) in [5.41, 5.74) is 0.635. The molecule has 0 spiro atoms. The number of nitrogens with one attached hydrogen (secondary N) is 1. The van der Waals surface area contributed by atoms with Gasteiger partial charge in [-0.3, -0.25) is 4.79 Å². The summed E-state index contributed by atoms with van der Waals surface area (Å²) in [7, 11) is 1.35. The van der Waals surface area contributed by atoms with Crippen molar-refractivity contribution in [3.8, 4) is 11.5 Å². The van der Waals surface area contributed by atoms with Crippen LogP contribution in [-0.4, -0.2) is 37.1 Å². The summed E-state index contributed by atoms with van der Waals surface area (Å²) in [6.45, 7) is 1.00. The second-order valence-corrected chi connectivity index (χ2v) is 6.28. The van der Waals surface area contributed by atoms with E-state index in [-0.39, 0.29) is 23.7 Å². The number of piperidine rings is 1. The molecule has 1 aliphatic rings. The van der Waals surface area contributed by atoms with Crippen LogP contribution in [-0.2, 0) is 9.53 Å². The largest absolute Gasteiger partial charge is 0.454 e. The number of carbonyl (C=O) groups excluding carboxylic acids is 2. The molecule has 0 aliphatic carbocycles. The minimum Gasteiger partial charge on any atom is -0.454 e. The second kappa shape index (κ2) is 8.53. The van der Waals surface area contributed by atoms with Crippen LogP contribution in [0, 0.1) is 11.7 Å². The molecule has 1 N–H and O–H groups in total. The number of benzene rings is 2. The maximum atomic E-state index is 13.6. The second-order valence-electron chi connectivity index (χ2n) is 6.28. The molecule has 27 heavy (non-hydrogen) atoms. The number of nitrogens with zero attached hydrogens (tertiary/aromatic N) is 1. The standard InChI is InChI=1S/C20H21FN2O4/c1-26-20(25)23-12-10-14(11-13-23)19(24)22-15-6-8-16(9-7-15)27-18-5-3-2-4-17(18)21/h2-9,14H,10-13H2,1H3,(H,22,24). The lowest BCUT2D eigenvalue weighted by Crippen LogP contribution is -2.41. The Labute approximate surface area is 156 Å². The number of anilines is 1. The van der Waals surface area contributed by atoms with Crippen LogP contribution in [0.3, 0.4) is 0 Å². The van der Waals surface area contributed by atoms with Crippen molar-refractivity contribution in [2.45, 2.75) is 12.8 Å². The molecule has 1 heterocycles. The van der Waals surface area contributed by atoms with Crippen LogP contribution >= 0.6 is 0 Å². The van der Waals surface area contributed by atoms with Crippen LogP contribution in [0.2, 0.25) is 0 Å². The van der Waals surface area contributed by atoms with Gasteiger partial charge in [0.1, 0.15) is 5.75 Å². The van der Waals surface area contributed by atoms with Crippen molar-refractivity contribution in [3.63, 3.8) is 0 Å². The molecule has 2 aromatic carbocycles. The van der Waals surface area contributed by atoms with E-state index < -0.39 is 5.82 Å². The first kappa shape index (κ1) is 18.7. The molecular formula is C20H21FN2O4. The Hall–Kier alpha value is -3.09. The van der Waals surface area contributed by atoms with Gasteiger partial charge < -0.3 is 19.7 Å². The number of para-hydroxylation sites is 1. The molecule has 0 unspecified atom stereocenters. The molecule has 2 amide bonds. The fourth-order valence-corrected chi connectivity index (χ4v) is 2.96. The van der Waals surface area contributed by atoms with E-state index in [1.165, 1.54) is 13.2 Å². The number of ether oxygens (including phenoxy) is 2. The van der Waals surface area contributed by atoms with Gasteiger partial charge in [-0.25, -0.2) is 9.18 Å². The van der Waals surface area contributed by atoms with Gasteiger partial charge in [0.15, 0.2) is 11.6 Å². The molecule has 0 atom stereocenters. The van der Waals surface area contributed by atoms with E-state index in [2.05, 4.69) is 5.32 Å². The Bertz CT molecular complexity index is 802. The molecule has 2 aromatic rings. The predicted octanol–water partition coefficient (Wildman–Crippen LogP) is 4.03. The monoisotopic (exact) mass is 372 g/mol. The average molecular weight is 372 g/mol. The van der Waals surface area contributed by atoms with Crippen LogP contribution in [0.5, 0.6) is 11.5 Å². The Balaban J connectivity index is 1.53. The van der Waals surface area contributed by atoms with Gasteiger partial charge in [-0.1, -0.05) is 12.1 Å². The summed E-state index contributed by atoms with van der Waals surface area (Å²) in [5, 5.41) is 2.87. The number of hydrogen-bond donors (Lipinski definition) is 1. The highest BCUT2D eigenvalue weighted by Crippen LogP contribution is 2.26. The van der Waals surface area contributed by atoms with Crippen molar-refractivity contribution in [1.29, 1.82) is 0 Å². The molecule has 0 saturated carbocycles. The quantitative estimate of drug-likeness (QED) is 0.880. The Morgan fingerprint density at radius 1 is 1.07 bits per heavy atom. The third-order valence-corrected chi connectivity index (χ3v) is 4.48. The number of methoxy groups -OCH3 is 1. The van der Waals surface area contributed by atoms with Gasteiger partial charge in [0, 0.05) is 24.7 Å². The molecule has 0 aromatic heterocycles. The Morgan fingerprint density at radius 3 is 2.37 bits per heavy atom. The molecule has 7 heteroatoms. The maximum absolute atomic E-state index is 13.6. The zero-order chi connectivity index (χ0) is 19.2. The van der Waals surface area contributed by atoms with E-state index in [0.717, 1.165) is 0 Å². The van der Waals surface area contributed by atoms with Gasteiger partial charge >= 0.3 is 6.09 Å². The number of hydrogen-bond acceptors (Lipinski definition) is 4. The fourth-order valence-electron chi connectivity index (χ4n) is 2.96. The molecule has 1 fully saturated rings. The zero-order valence-corrected chi connectivity index (χ0v) is 15.0. The van der Waals surface area contributed by atoms with Crippen molar-refractivity contribution < 1.29 is 23.5 Å². The molecule has 1 saturated heterocycles. The summed E-state index contributed by atoms with van der Waals surface area (Å²) < 4.78 is 23.8. The Kier molecular flexibility index (Phi) is 5.90. The minimum atomic E-state index is -0.437. The highest BCUT2D eigenvalue weighted by atomic mass is 19.1. The molecule has 0 bridgehead atoms. The summed E-state index contributed by atoms with van der Waals surface area (Å²) >= 11 is 0. The first-order chi connectivity index (χ1) is 13.1. The molecule has 6 nitrogen and oxygen atoms in total. The predicted molar refractivity (Wildman–Crippen MR) is 98.2 cm³/mol. The molecule has 1 aliphatic heterocycles. The van der Waals surface area contributed by atoms with Crippen LogP contribution < -0.4 is 10.1 Å². The number of rotatable bonds is 4. The van der Waals surface area contributed by atoms with E-state index in [0.29, 0.717) is 37.4 Å². The molecule has 3 rings (SSSR count). The third-order valence-electron chi connectivity index (χ3n) is 4.48. The van der Waals surface area contributed by atoms with Gasteiger partial charge in [-0.15, -0.1) is 0 Å². The van der Waals surface area contributed by atoms with Crippen molar-refractivity contribution in [2.75, 3.05) is 25.5 Å². The number of halogens is 1. The smallest absolute Gasteiger partial charge is 0.409 e. The van der Waals surface area contributed by atoms with Crippen molar-refractivity contribution in [3.05, 3.63) is 54.3 Å². The highest BCUT2D eigenvalue weighted by Gasteiger charge is 2.27. The van der Waals surface area contributed by atoms with E-state index >= 15 is 0 Å². The number of carbonyl (C=O) groups is 2. The van der Waals surface area contributed by atoms with Gasteiger partial charge in [0.05, 0.1) is 7.11 Å². The SMILES string of the molecule is COC(=O)N1CCC(C(=O)Nc2ccc(Oc3ccccc3F)cc2)CC1. The van der Waals surface area contributed by atoms with E-state index in [9.17, 15) is 14.0 Å². The summed E-state index contributed by atoms with van der Waals surface area (Å²) in [6, 6.07) is 12.9. The normalized spacial score (nSPS) is 14.5. The summed E-state index contributed by atoms with van der Waals surface area (Å²) in [5.74, 6) is -0.0492. The molecule has 142 valence electrons. The van der Waals surface area contributed by atoms with Gasteiger partial charge in [0.25, 0.3) is 0 Å². The van der Waals surface area contributed by atoms with Crippen molar-refractivity contribution in [2.24, 2.45) is 5.92 Å². The van der Waals surface area contributed by atoms with Crippen LogP contribution in [0.1, 0.15) is 12.8 Å². The van der Waals surface area contributed by atoms with E-state index in [1.54, 1.807) is 47.4 Å². The lowest BCUT2D eigenvalue weighted by molar-refractivity contribution is -0.121. The topological polar surface area (TPSA) is 67.9 Å². The highest BCUT2D eigenvalue weighted by molar-refractivity contribution is 5.92. The summed E-state index contributed by atoms with van der Waals surface area (Å²) in [6.07, 6.45) is 0.824. The van der Waals surface area contributed by atoms with E-state index in [1.807, 2.05) is 0 Å². The fraction of sp³-hybridized carbons (Fsp3) is 0.300. The number of amides is 2. The lowest BCUT2D eigenvalue weighted by Gasteiger charge is -2.30. The van der Waals surface area contributed by atoms with Crippen molar-refractivity contribution in [1.82, 2.24) is 4.90 Å². The summed E-state index contributed by atoms with van der Waals surface area (Å²) in [4.78, 5) is 25.5. The first-order valence-electron chi connectivity index (χ1n) is 8.73. The van der Waals surface area contributed by atoms with Crippen LogP contribution in [0.4, 0.5) is 14.9 Å². The lowest BCUT2D eigenvalue weighted by atomic mass is 9.96. The zero-order valence-electron chi connectivity index (χ0n) is 15.0. The minimum absolute atomic E-state index is 0.0812. The van der Waals surface area contributed by atoms with Gasteiger partial charge in [-0.05, 0) is 49.2 Å². The maximum Gasteiger partial charge on any atom is 0.409 e. The Morgan fingerprint density at radius 2 is 1.74 bits per heavy atom. The average Bonchev–Trinajstić information content (AvgIpc) is 2.70. The van der Waals surface area contributed by atoms with E-state index in [4.69, 9.17) is 9.47 Å². The number of likely N-dealkylation sites (tertiary alicyclic amines) is 1.